The van der Waals surface area contributed by atoms with Crippen LogP contribution in [-0.4, -0.2) is 43.5 Å². The van der Waals surface area contributed by atoms with Gasteiger partial charge in [-0.3, -0.25) is 4.79 Å². The summed E-state index contributed by atoms with van der Waals surface area (Å²) in [5.74, 6) is -0.645. The molecule has 35 heavy (non-hydrogen) atoms. The highest BCUT2D eigenvalue weighted by Gasteiger charge is 2.29. The molecule has 0 aromatic heterocycles. The van der Waals surface area contributed by atoms with Gasteiger partial charge in [-0.15, -0.1) is 0 Å². The summed E-state index contributed by atoms with van der Waals surface area (Å²) in [4.78, 5) is 27.5. The van der Waals surface area contributed by atoms with Crippen molar-refractivity contribution >= 4 is 34.5 Å². The normalized spacial score (nSPS) is 13.9. The summed E-state index contributed by atoms with van der Waals surface area (Å²) < 4.78 is 5.10. The minimum absolute atomic E-state index is 0.229. The Morgan fingerprint density at radius 1 is 1.03 bits per heavy atom. The van der Waals surface area contributed by atoms with E-state index in [1.807, 2.05) is 49.5 Å². The molecule has 0 spiro atoms. The van der Waals surface area contributed by atoms with Crippen LogP contribution in [0.15, 0.2) is 72.8 Å². The fraction of sp³-hybridized carbons (Fsp3) is 0.214. The lowest BCUT2D eigenvalue weighted by Gasteiger charge is -2.17. The van der Waals surface area contributed by atoms with Crippen molar-refractivity contribution in [3.63, 3.8) is 0 Å². The van der Waals surface area contributed by atoms with Gasteiger partial charge in [0.1, 0.15) is 0 Å². The summed E-state index contributed by atoms with van der Waals surface area (Å²) in [6, 6.07) is 23.0. The van der Waals surface area contributed by atoms with Crippen molar-refractivity contribution in [3.05, 3.63) is 95.1 Å². The molecule has 7 heteroatoms. The van der Waals surface area contributed by atoms with Crippen molar-refractivity contribution in [2.45, 2.75) is 13.5 Å². The number of ether oxygens (including phenoxy) is 1. The smallest absolute Gasteiger partial charge is 0.338 e. The lowest BCUT2D eigenvalue weighted by Crippen LogP contribution is -2.24. The lowest BCUT2D eigenvalue weighted by atomic mass is 9.99. The van der Waals surface area contributed by atoms with Gasteiger partial charge in [0, 0.05) is 30.9 Å². The van der Waals surface area contributed by atoms with E-state index in [1.165, 1.54) is 5.56 Å². The molecular weight excluding hydrogens is 440 g/mol. The Labute approximate surface area is 205 Å². The van der Waals surface area contributed by atoms with Crippen molar-refractivity contribution < 1.29 is 14.3 Å². The van der Waals surface area contributed by atoms with Crippen LogP contribution in [0.2, 0.25) is 0 Å². The van der Waals surface area contributed by atoms with E-state index in [4.69, 9.17) is 10.5 Å². The minimum atomic E-state index is -0.416. The van der Waals surface area contributed by atoms with E-state index in [2.05, 4.69) is 27.7 Å². The summed E-state index contributed by atoms with van der Waals surface area (Å²) in [5.41, 5.74) is 11.5. The monoisotopic (exact) mass is 470 g/mol. The lowest BCUT2D eigenvalue weighted by molar-refractivity contribution is -0.110. The average molecular weight is 471 g/mol. The highest BCUT2D eigenvalue weighted by Crippen LogP contribution is 2.38. The maximum atomic E-state index is 13.1. The van der Waals surface area contributed by atoms with Gasteiger partial charge in [0.15, 0.2) is 0 Å². The Balaban J connectivity index is 1.70. The van der Waals surface area contributed by atoms with Crippen molar-refractivity contribution in [3.8, 4) is 0 Å². The van der Waals surface area contributed by atoms with Gasteiger partial charge < -0.3 is 26.0 Å². The molecular formula is C28H30N4O3. The second-order valence-corrected chi connectivity index (χ2v) is 8.40. The van der Waals surface area contributed by atoms with Gasteiger partial charge >= 0.3 is 5.97 Å². The molecule has 0 atom stereocenters. The number of esters is 1. The number of nitrogens with zero attached hydrogens (tertiary/aromatic N) is 1. The molecule has 4 rings (SSSR count). The molecule has 0 radical (unpaired) electrons. The predicted molar refractivity (Wildman–Crippen MR) is 140 cm³/mol. The minimum Gasteiger partial charge on any atom is -0.462 e. The third-order valence-corrected chi connectivity index (χ3v) is 5.77. The highest BCUT2D eigenvalue weighted by atomic mass is 16.5. The molecule has 7 nitrogen and oxygen atoms in total. The van der Waals surface area contributed by atoms with E-state index in [0.717, 1.165) is 29.9 Å². The van der Waals surface area contributed by atoms with E-state index >= 15 is 0 Å². The Bertz CT molecular complexity index is 1240. The van der Waals surface area contributed by atoms with E-state index in [-0.39, 0.29) is 12.5 Å². The molecule has 0 saturated heterocycles. The van der Waals surface area contributed by atoms with Crippen molar-refractivity contribution in [1.29, 1.82) is 0 Å². The predicted octanol–water partition coefficient (Wildman–Crippen LogP) is 4.19. The summed E-state index contributed by atoms with van der Waals surface area (Å²) >= 11 is 0. The Morgan fingerprint density at radius 3 is 2.46 bits per heavy atom. The molecule has 180 valence electrons. The standard InChI is InChI=1S/C28H30N4O3/c1-3-35-28(34)21-11-14-23-24(17-21)31-27(33)25(23)26(20-7-5-4-6-8-20)30-22-12-9-19(10-13-22)18-32(2)16-15-29/h4-14,17,30H,3,15-16,18,29H2,1-2H3,(H,31,33)/b26-25-. The zero-order valence-corrected chi connectivity index (χ0v) is 20.0. The SMILES string of the molecule is CCOC(=O)c1ccc2c(c1)NC(=O)/C2=C(\Nc1ccc(CN(C)CCN)cc1)c1ccccc1. The molecule has 0 unspecified atom stereocenters. The topological polar surface area (TPSA) is 96.7 Å². The van der Waals surface area contributed by atoms with Crippen molar-refractivity contribution in [1.82, 2.24) is 4.90 Å². The van der Waals surface area contributed by atoms with Gasteiger partial charge in [0.25, 0.3) is 5.91 Å². The Morgan fingerprint density at radius 2 is 1.77 bits per heavy atom. The first-order chi connectivity index (χ1) is 17.0. The number of carbonyl (C=O) groups is 2. The highest BCUT2D eigenvalue weighted by molar-refractivity contribution is 6.37. The molecule has 0 saturated carbocycles. The molecule has 0 fully saturated rings. The van der Waals surface area contributed by atoms with Crippen molar-refractivity contribution in [2.24, 2.45) is 5.73 Å². The maximum Gasteiger partial charge on any atom is 0.338 e. The molecule has 1 amide bonds. The number of anilines is 2. The first-order valence-electron chi connectivity index (χ1n) is 11.7. The number of hydrogen-bond acceptors (Lipinski definition) is 6. The number of rotatable bonds is 9. The first kappa shape index (κ1) is 24.2. The molecule has 1 aliphatic heterocycles. The molecule has 3 aromatic rings. The van der Waals surface area contributed by atoms with Crippen LogP contribution in [0.5, 0.6) is 0 Å². The van der Waals surface area contributed by atoms with E-state index in [0.29, 0.717) is 29.1 Å². The maximum absolute atomic E-state index is 13.1. The second-order valence-electron chi connectivity index (χ2n) is 8.40. The molecule has 1 heterocycles. The van der Waals surface area contributed by atoms with Crippen LogP contribution in [0.1, 0.15) is 34.0 Å². The zero-order valence-electron chi connectivity index (χ0n) is 20.0. The van der Waals surface area contributed by atoms with E-state index < -0.39 is 5.97 Å². The largest absolute Gasteiger partial charge is 0.462 e. The summed E-state index contributed by atoms with van der Waals surface area (Å²) in [5, 5.41) is 6.37. The van der Waals surface area contributed by atoms with Gasteiger partial charge in [0.2, 0.25) is 0 Å². The van der Waals surface area contributed by atoms with Gasteiger partial charge in [-0.25, -0.2) is 4.79 Å². The van der Waals surface area contributed by atoms with Gasteiger partial charge in [-0.2, -0.15) is 0 Å². The number of nitrogens with one attached hydrogen (secondary N) is 2. The molecule has 0 bridgehead atoms. The van der Waals surface area contributed by atoms with Crippen LogP contribution in [-0.2, 0) is 16.1 Å². The third-order valence-electron chi connectivity index (χ3n) is 5.77. The summed E-state index contributed by atoms with van der Waals surface area (Å²) in [6.07, 6.45) is 0. The molecule has 4 N–H and O–H groups in total. The quantitative estimate of drug-likeness (QED) is 0.321. The van der Waals surface area contributed by atoms with Crippen LogP contribution >= 0.6 is 0 Å². The fourth-order valence-corrected chi connectivity index (χ4v) is 4.10. The van der Waals surface area contributed by atoms with Crippen LogP contribution in [0.25, 0.3) is 11.3 Å². The number of benzene rings is 3. The van der Waals surface area contributed by atoms with Gasteiger partial charge in [-0.05, 0) is 49.4 Å². The third kappa shape index (κ3) is 5.59. The summed E-state index contributed by atoms with van der Waals surface area (Å²) in [7, 11) is 2.04. The molecule has 0 aliphatic carbocycles. The average Bonchev–Trinajstić information content (AvgIpc) is 3.19. The summed E-state index contributed by atoms with van der Waals surface area (Å²) in [6.45, 7) is 4.31. The second kappa shape index (κ2) is 11.0. The van der Waals surface area contributed by atoms with E-state index in [1.54, 1.807) is 25.1 Å². The Kier molecular flexibility index (Phi) is 7.60. The van der Waals surface area contributed by atoms with Gasteiger partial charge in [0.05, 0.1) is 29.1 Å². The molecule has 1 aliphatic rings. The van der Waals surface area contributed by atoms with Crippen LogP contribution in [0.4, 0.5) is 11.4 Å². The van der Waals surface area contributed by atoms with Crippen molar-refractivity contribution in [2.75, 3.05) is 37.4 Å². The number of amides is 1. The number of fused-ring (bicyclic) bond motifs is 1. The first-order valence-corrected chi connectivity index (χ1v) is 11.7. The molecule has 3 aromatic carbocycles. The van der Waals surface area contributed by atoms with Gasteiger partial charge in [-0.1, -0.05) is 48.5 Å². The fourth-order valence-electron chi connectivity index (χ4n) is 4.10. The van der Waals surface area contributed by atoms with Crippen LogP contribution < -0.4 is 16.4 Å². The number of carbonyl (C=O) groups excluding carboxylic acids is 2. The number of likely N-dealkylation sites (N-methyl/N-ethyl adjacent to an activating group) is 1. The number of nitrogens with two attached hydrogens (primary N) is 1. The number of hydrogen-bond donors (Lipinski definition) is 3. The van der Waals surface area contributed by atoms with Crippen LogP contribution in [0.3, 0.4) is 0 Å². The zero-order chi connectivity index (χ0) is 24.8. The Hall–Kier alpha value is -3.94. The van der Waals surface area contributed by atoms with E-state index in [9.17, 15) is 9.59 Å². The van der Waals surface area contributed by atoms with Crippen LogP contribution in [0, 0.1) is 0 Å².